The number of aryl methyl sites for hydroxylation is 2. The number of aromatic nitrogens is 1. The summed E-state index contributed by atoms with van der Waals surface area (Å²) in [6.07, 6.45) is 0. The van der Waals surface area contributed by atoms with Gasteiger partial charge in [-0.1, -0.05) is 24.3 Å². The van der Waals surface area contributed by atoms with Crippen molar-refractivity contribution in [2.75, 3.05) is 12.4 Å². The number of rotatable bonds is 3. The number of nitrogens with one attached hydrogen (secondary N) is 1. The zero-order chi connectivity index (χ0) is 14.8. The van der Waals surface area contributed by atoms with E-state index < -0.39 is 0 Å². The highest BCUT2D eigenvalue weighted by atomic mass is 16.5. The minimum atomic E-state index is 0.813. The van der Waals surface area contributed by atoms with Gasteiger partial charge in [0.2, 0.25) is 0 Å². The second kappa shape index (κ2) is 5.44. The van der Waals surface area contributed by atoms with Gasteiger partial charge in [0.05, 0.1) is 18.3 Å². The maximum absolute atomic E-state index is 5.40. The Kier molecular flexibility index (Phi) is 3.48. The van der Waals surface area contributed by atoms with Gasteiger partial charge in [0.1, 0.15) is 11.6 Å². The Balaban J connectivity index is 2.04. The first-order valence-corrected chi connectivity index (χ1v) is 6.95. The van der Waals surface area contributed by atoms with Gasteiger partial charge >= 0.3 is 0 Å². The van der Waals surface area contributed by atoms with E-state index >= 15 is 0 Å². The molecule has 3 nitrogen and oxygen atoms in total. The highest BCUT2D eigenvalue weighted by Gasteiger charge is 2.06. The maximum Gasteiger partial charge on any atom is 0.142 e. The fraction of sp³-hybridized carbons (Fsp3) is 0.167. The van der Waals surface area contributed by atoms with E-state index in [0.717, 1.165) is 22.8 Å². The van der Waals surface area contributed by atoms with Crippen molar-refractivity contribution in [3.8, 4) is 5.75 Å². The van der Waals surface area contributed by atoms with Crippen LogP contribution in [0, 0.1) is 13.8 Å². The summed E-state index contributed by atoms with van der Waals surface area (Å²) < 4.78 is 5.40. The maximum atomic E-state index is 5.40. The summed E-state index contributed by atoms with van der Waals surface area (Å²) in [7, 11) is 1.68. The van der Waals surface area contributed by atoms with E-state index in [1.54, 1.807) is 7.11 Å². The van der Waals surface area contributed by atoms with Crippen LogP contribution in [-0.2, 0) is 0 Å². The lowest BCUT2D eigenvalue weighted by Crippen LogP contribution is -1.98. The molecule has 1 aromatic heterocycles. The molecule has 1 heterocycles. The SMILES string of the molecule is COc1ccc(C)cc1Nc1cc(C)c2ccccc2n1. The van der Waals surface area contributed by atoms with Crippen molar-refractivity contribution in [3.05, 3.63) is 59.7 Å². The van der Waals surface area contributed by atoms with E-state index in [2.05, 4.69) is 42.3 Å². The van der Waals surface area contributed by atoms with E-state index in [9.17, 15) is 0 Å². The van der Waals surface area contributed by atoms with Crippen molar-refractivity contribution in [1.29, 1.82) is 0 Å². The molecule has 0 aliphatic heterocycles. The predicted molar refractivity (Wildman–Crippen MR) is 87.5 cm³/mol. The third-order valence-corrected chi connectivity index (χ3v) is 3.54. The lowest BCUT2D eigenvalue weighted by molar-refractivity contribution is 0.416. The number of anilines is 2. The number of fused-ring (bicyclic) bond motifs is 1. The summed E-state index contributed by atoms with van der Waals surface area (Å²) in [5, 5.41) is 4.54. The van der Waals surface area contributed by atoms with Crippen molar-refractivity contribution in [2.24, 2.45) is 0 Å². The smallest absolute Gasteiger partial charge is 0.142 e. The molecule has 0 spiro atoms. The molecule has 0 radical (unpaired) electrons. The van der Waals surface area contributed by atoms with Crippen molar-refractivity contribution in [1.82, 2.24) is 4.98 Å². The predicted octanol–water partition coefficient (Wildman–Crippen LogP) is 4.60. The summed E-state index contributed by atoms with van der Waals surface area (Å²) in [4.78, 5) is 4.67. The van der Waals surface area contributed by atoms with Crippen LogP contribution >= 0.6 is 0 Å². The summed E-state index contributed by atoms with van der Waals surface area (Å²) in [6.45, 7) is 4.16. The number of methoxy groups -OCH3 is 1. The molecule has 3 rings (SSSR count). The second-order valence-corrected chi connectivity index (χ2v) is 5.17. The van der Waals surface area contributed by atoms with E-state index in [0.29, 0.717) is 0 Å². The Labute approximate surface area is 124 Å². The first kappa shape index (κ1) is 13.4. The number of para-hydroxylation sites is 1. The summed E-state index contributed by atoms with van der Waals surface area (Å²) in [6, 6.07) is 16.3. The lowest BCUT2D eigenvalue weighted by atomic mass is 10.1. The number of pyridine rings is 1. The topological polar surface area (TPSA) is 34.1 Å². The largest absolute Gasteiger partial charge is 0.495 e. The molecule has 0 amide bonds. The molecule has 0 atom stereocenters. The van der Waals surface area contributed by atoms with Crippen molar-refractivity contribution in [2.45, 2.75) is 13.8 Å². The molecule has 0 saturated carbocycles. The molecule has 0 unspecified atom stereocenters. The van der Waals surface area contributed by atoms with Gasteiger partial charge in [-0.3, -0.25) is 0 Å². The van der Waals surface area contributed by atoms with Crippen LogP contribution in [0.2, 0.25) is 0 Å². The number of hydrogen-bond donors (Lipinski definition) is 1. The fourth-order valence-electron chi connectivity index (χ4n) is 2.47. The average Bonchev–Trinajstić information content (AvgIpc) is 2.47. The molecular weight excluding hydrogens is 260 g/mol. The van der Waals surface area contributed by atoms with Gasteiger partial charge in [-0.05, 0) is 49.2 Å². The van der Waals surface area contributed by atoms with Gasteiger partial charge in [0.25, 0.3) is 0 Å². The third kappa shape index (κ3) is 2.68. The number of benzene rings is 2. The van der Waals surface area contributed by atoms with E-state index in [-0.39, 0.29) is 0 Å². The van der Waals surface area contributed by atoms with Crippen molar-refractivity contribution < 1.29 is 4.74 Å². The Morgan fingerprint density at radius 2 is 1.81 bits per heavy atom. The van der Waals surface area contributed by atoms with E-state index in [1.165, 1.54) is 16.5 Å². The van der Waals surface area contributed by atoms with Gasteiger partial charge in [0.15, 0.2) is 0 Å². The van der Waals surface area contributed by atoms with Gasteiger partial charge in [-0.25, -0.2) is 4.98 Å². The van der Waals surface area contributed by atoms with Crippen LogP contribution in [0.1, 0.15) is 11.1 Å². The van der Waals surface area contributed by atoms with Gasteiger partial charge in [-0.2, -0.15) is 0 Å². The quantitative estimate of drug-likeness (QED) is 0.760. The standard InChI is InChI=1S/C18H18N2O/c1-12-8-9-17(21-3)16(10-12)20-18-11-13(2)14-6-4-5-7-15(14)19-18/h4-11H,1-3H3,(H,19,20). The minimum Gasteiger partial charge on any atom is -0.495 e. The van der Waals surface area contributed by atoms with Crippen LogP contribution in [-0.4, -0.2) is 12.1 Å². The molecular formula is C18H18N2O. The molecule has 106 valence electrons. The molecule has 1 N–H and O–H groups in total. The lowest BCUT2D eigenvalue weighted by Gasteiger charge is -2.13. The van der Waals surface area contributed by atoms with Crippen LogP contribution in [0.15, 0.2) is 48.5 Å². The normalized spacial score (nSPS) is 10.6. The summed E-state index contributed by atoms with van der Waals surface area (Å²) in [5.41, 5.74) is 4.30. The Morgan fingerprint density at radius 1 is 1.00 bits per heavy atom. The van der Waals surface area contributed by atoms with E-state index in [4.69, 9.17) is 4.74 Å². The van der Waals surface area contributed by atoms with E-state index in [1.807, 2.05) is 30.3 Å². The summed E-state index contributed by atoms with van der Waals surface area (Å²) >= 11 is 0. The molecule has 3 aromatic rings. The van der Waals surface area contributed by atoms with Crippen LogP contribution < -0.4 is 10.1 Å². The highest BCUT2D eigenvalue weighted by molar-refractivity contribution is 5.84. The molecule has 0 bridgehead atoms. The first-order chi connectivity index (χ1) is 10.2. The fourth-order valence-corrected chi connectivity index (χ4v) is 2.47. The zero-order valence-electron chi connectivity index (χ0n) is 12.5. The zero-order valence-corrected chi connectivity index (χ0v) is 12.5. The molecule has 3 heteroatoms. The second-order valence-electron chi connectivity index (χ2n) is 5.17. The Hall–Kier alpha value is -2.55. The van der Waals surface area contributed by atoms with Gasteiger partial charge in [-0.15, -0.1) is 0 Å². The highest BCUT2D eigenvalue weighted by Crippen LogP contribution is 2.29. The Morgan fingerprint density at radius 3 is 2.62 bits per heavy atom. The van der Waals surface area contributed by atoms with Crippen LogP contribution in [0.5, 0.6) is 5.75 Å². The summed E-state index contributed by atoms with van der Waals surface area (Å²) in [5.74, 6) is 1.64. The van der Waals surface area contributed by atoms with Crippen molar-refractivity contribution in [3.63, 3.8) is 0 Å². The van der Waals surface area contributed by atoms with Crippen LogP contribution in [0.25, 0.3) is 10.9 Å². The Bertz CT molecular complexity index is 796. The minimum absolute atomic E-state index is 0.813. The van der Waals surface area contributed by atoms with Crippen LogP contribution in [0.4, 0.5) is 11.5 Å². The van der Waals surface area contributed by atoms with Gasteiger partial charge < -0.3 is 10.1 Å². The van der Waals surface area contributed by atoms with Crippen molar-refractivity contribution >= 4 is 22.4 Å². The third-order valence-electron chi connectivity index (χ3n) is 3.54. The van der Waals surface area contributed by atoms with Crippen LogP contribution in [0.3, 0.4) is 0 Å². The average molecular weight is 278 g/mol. The number of nitrogens with zero attached hydrogens (tertiary/aromatic N) is 1. The van der Waals surface area contributed by atoms with Gasteiger partial charge in [0, 0.05) is 5.39 Å². The molecule has 0 fully saturated rings. The first-order valence-electron chi connectivity index (χ1n) is 6.95. The molecule has 2 aromatic carbocycles. The molecule has 0 saturated heterocycles. The monoisotopic (exact) mass is 278 g/mol. The number of hydrogen-bond acceptors (Lipinski definition) is 3. The molecule has 0 aliphatic rings. The molecule has 21 heavy (non-hydrogen) atoms. The number of ether oxygens (including phenoxy) is 1. The molecule has 0 aliphatic carbocycles.